The number of ketones is 1. The highest BCUT2D eigenvalue weighted by Gasteiger charge is 2.27. The lowest BCUT2D eigenvalue weighted by atomic mass is 10.0. The van der Waals surface area contributed by atoms with Crippen LogP contribution < -0.4 is 0 Å². The fraction of sp³-hybridized carbons (Fsp3) is 0.120. The minimum atomic E-state index is -0.522. The number of pyridine rings is 1. The highest BCUT2D eigenvalue weighted by molar-refractivity contribution is 6.43. The predicted molar refractivity (Wildman–Crippen MR) is 115 cm³/mol. The molecule has 4 aromatic rings. The molecule has 0 saturated carbocycles. The van der Waals surface area contributed by atoms with Gasteiger partial charge in [0.2, 0.25) is 0 Å². The summed E-state index contributed by atoms with van der Waals surface area (Å²) in [5.41, 5.74) is 5.09. The first kappa shape index (κ1) is 18.7. The van der Waals surface area contributed by atoms with Crippen LogP contribution in [0.15, 0.2) is 85.1 Å². The Hall–Kier alpha value is -3.66. The molecule has 4 rings (SSSR count). The highest BCUT2D eigenvalue weighted by atomic mass is 16.2. The van der Waals surface area contributed by atoms with Gasteiger partial charge < -0.3 is 9.30 Å². The number of hydrogen-bond donors (Lipinski definition) is 0. The average Bonchev–Trinajstić information content (AvgIpc) is 3.13. The van der Waals surface area contributed by atoms with E-state index in [0.29, 0.717) is 12.2 Å². The first-order valence-corrected chi connectivity index (χ1v) is 9.55. The first-order chi connectivity index (χ1) is 14.0. The molecule has 0 saturated heterocycles. The second-order valence-corrected chi connectivity index (χ2v) is 7.24. The molecular weight excluding hydrogens is 360 g/mol. The van der Waals surface area contributed by atoms with E-state index in [-0.39, 0.29) is 0 Å². The lowest BCUT2D eigenvalue weighted by Gasteiger charge is -2.17. The van der Waals surface area contributed by atoms with Crippen molar-refractivity contribution in [3.05, 3.63) is 102 Å². The quantitative estimate of drug-likeness (QED) is 0.369. The van der Waals surface area contributed by atoms with E-state index in [2.05, 4.69) is 0 Å². The van der Waals surface area contributed by atoms with Crippen LogP contribution in [-0.4, -0.2) is 28.0 Å². The van der Waals surface area contributed by atoms with Gasteiger partial charge in [-0.3, -0.25) is 9.59 Å². The number of aromatic nitrogens is 1. The Morgan fingerprint density at radius 3 is 2.31 bits per heavy atom. The molecule has 0 unspecified atom stereocenters. The number of Topliss-reactive ketones (excluding diaryl/α,β-unsaturated/α-hetero) is 1. The molecule has 1 amide bonds. The van der Waals surface area contributed by atoms with Crippen LogP contribution in [-0.2, 0) is 11.3 Å². The number of aryl methyl sites for hydroxylation is 1. The van der Waals surface area contributed by atoms with Gasteiger partial charge in [-0.15, -0.1) is 0 Å². The number of rotatable bonds is 5. The Labute approximate surface area is 170 Å². The Bertz CT molecular complexity index is 1170. The Morgan fingerprint density at radius 2 is 1.59 bits per heavy atom. The molecule has 0 spiro atoms. The normalized spacial score (nSPS) is 10.8. The van der Waals surface area contributed by atoms with Crippen LogP contribution in [0, 0.1) is 6.92 Å². The number of carbonyl (C=O) groups is 2. The maximum atomic E-state index is 13.3. The third-order valence-electron chi connectivity index (χ3n) is 5.06. The van der Waals surface area contributed by atoms with E-state index < -0.39 is 11.7 Å². The van der Waals surface area contributed by atoms with Gasteiger partial charge in [-0.25, -0.2) is 0 Å². The molecule has 4 nitrogen and oxygen atoms in total. The molecule has 0 atom stereocenters. The summed E-state index contributed by atoms with van der Waals surface area (Å²) in [6.07, 6.45) is 1.82. The second-order valence-electron chi connectivity index (χ2n) is 7.24. The zero-order valence-electron chi connectivity index (χ0n) is 16.5. The van der Waals surface area contributed by atoms with E-state index in [9.17, 15) is 9.59 Å². The van der Waals surface area contributed by atoms with Crippen molar-refractivity contribution in [3.63, 3.8) is 0 Å². The van der Waals surface area contributed by atoms with Gasteiger partial charge in [-0.2, -0.15) is 0 Å². The molecular formula is C25H22N2O2. The van der Waals surface area contributed by atoms with Gasteiger partial charge in [0.05, 0.1) is 0 Å². The molecule has 29 heavy (non-hydrogen) atoms. The van der Waals surface area contributed by atoms with Gasteiger partial charge in [-0.1, -0.05) is 66.2 Å². The lowest BCUT2D eigenvalue weighted by molar-refractivity contribution is -0.125. The van der Waals surface area contributed by atoms with Crippen LogP contribution in [0.5, 0.6) is 0 Å². The average molecular weight is 382 g/mol. The Morgan fingerprint density at radius 1 is 0.897 bits per heavy atom. The summed E-state index contributed by atoms with van der Waals surface area (Å²) in [6.45, 7) is 2.41. The molecule has 144 valence electrons. The van der Waals surface area contributed by atoms with E-state index >= 15 is 0 Å². The standard InChI is InChI=1S/C25H22N2O2/c1-18-11-13-20(14-12-18)22-16-21-10-6-7-15-27(21)23(22)24(28)25(29)26(2)17-19-8-4-3-5-9-19/h3-16H,17H2,1-2H3. The van der Waals surface area contributed by atoms with Crippen molar-refractivity contribution >= 4 is 17.2 Å². The van der Waals surface area contributed by atoms with E-state index in [1.807, 2.05) is 92.0 Å². The van der Waals surface area contributed by atoms with E-state index in [0.717, 1.165) is 27.8 Å². The molecule has 4 heteroatoms. The summed E-state index contributed by atoms with van der Waals surface area (Å²) in [7, 11) is 1.66. The predicted octanol–water partition coefficient (Wildman–Crippen LogP) is 4.76. The molecule has 2 aromatic heterocycles. The number of nitrogens with zero attached hydrogens (tertiary/aromatic N) is 2. The van der Waals surface area contributed by atoms with Crippen molar-refractivity contribution in [2.24, 2.45) is 0 Å². The van der Waals surface area contributed by atoms with Crippen LogP contribution in [0.1, 0.15) is 21.6 Å². The Kier molecular flexibility index (Phi) is 5.00. The maximum Gasteiger partial charge on any atom is 0.296 e. The molecule has 0 bridgehead atoms. The molecule has 0 radical (unpaired) electrons. The molecule has 2 aromatic carbocycles. The molecule has 0 aliphatic rings. The van der Waals surface area contributed by atoms with E-state index in [1.54, 1.807) is 11.4 Å². The fourth-order valence-corrected chi connectivity index (χ4v) is 3.51. The number of likely N-dealkylation sites (N-methyl/N-ethyl adjacent to an activating group) is 1. The monoisotopic (exact) mass is 382 g/mol. The summed E-state index contributed by atoms with van der Waals surface area (Å²) in [6, 6.07) is 25.3. The van der Waals surface area contributed by atoms with Crippen molar-refractivity contribution in [2.45, 2.75) is 13.5 Å². The van der Waals surface area contributed by atoms with Crippen molar-refractivity contribution in [1.82, 2.24) is 9.30 Å². The zero-order chi connectivity index (χ0) is 20.4. The topological polar surface area (TPSA) is 41.8 Å². The number of hydrogen-bond acceptors (Lipinski definition) is 2. The minimum Gasteiger partial charge on any atom is -0.334 e. The van der Waals surface area contributed by atoms with Gasteiger partial charge in [0.15, 0.2) is 0 Å². The zero-order valence-corrected chi connectivity index (χ0v) is 16.5. The van der Waals surface area contributed by atoms with Crippen molar-refractivity contribution in [3.8, 4) is 11.1 Å². The fourth-order valence-electron chi connectivity index (χ4n) is 3.51. The summed E-state index contributed by atoms with van der Waals surface area (Å²) in [5.74, 6) is -1.03. The van der Waals surface area contributed by atoms with Crippen LogP contribution >= 0.6 is 0 Å². The van der Waals surface area contributed by atoms with Crippen LogP contribution in [0.4, 0.5) is 0 Å². The van der Waals surface area contributed by atoms with Crippen molar-refractivity contribution in [1.29, 1.82) is 0 Å². The van der Waals surface area contributed by atoms with Crippen LogP contribution in [0.2, 0.25) is 0 Å². The van der Waals surface area contributed by atoms with Crippen molar-refractivity contribution in [2.75, 3.05) is 7.05 Å². The van der Waals surface area contributed by atoms with Gasteiger partial charge >= 0.3 is 0 Å². The molecule has 0 aliphatic carbocycles. The largest absolute Gasteiger partial charge is 0.334 e. The highest BCUT2D eigenvalue weighted by Crippen LogP contribution is 2.29. The molecule has 0 N–H and O–H groups in total. The smallest absolute Gasteiger partial charge is 0.296 e. The van der Waals surface area contributed by atoms with Gasteiger partial charge in [0.1, 0.15) is 5.69 Å². The number of fused-ring (bicyclic) bond motifs is 1. The lowest BCUT2D eigenvalue weighted by Crippen LogP contribution is -2.33. The van der Waals surface area contributed by atoms with Crippen LogP contribution in [0.25, 0.3) is 16.6 Å². The maximum absolute atomic E-state index is 13.3. The third kappa shape index (κ3) is 3.69. The van der Waals surface area contributed by atoms with Gasteiger partial charge in [-0.05, 0) is 36.2 Å². The van der Waals surface area contributed by atoms with E-state index in [1.165, 1.54) is 4.90 Å². The summed E-state index contributed by atoms with van der Waals surface area (Å²) >= 11 is 0. The third-order valence-corrected chi connectivity index (χ3v) is 5.06. The number of carbonyl (C=O) groups excluding carboxylic acids is 2. The molecule has 0 fully saturated rings. The Balaban J connectivity index is 1.73. The summed E-state index contributed by atoms with van der Waals surface area (Å²) in [4.78, 5) is 27.8. The second kappa shape index (κ2) is 7.76. The summed E-state index contributed by atoms with van der Waals surface area (Å²) < 4.78 is 1.80. The molecule has 2 heterocycles. The number of benzene rings is 2. The number of amides is 1. The summed E-state index contributed by atoms with van der Waals surface area (Å²) in [5, 5.41) is 0. The van der Waals surface area contributed by atoms with Crippen LogP contribution in [0.3, 0.4) is 0 Å². The molecule has 0 aliphatic heterocycles. The van der Waals surface area contributed by atoms with Gasteiger partial charge in [0, 0.05) is 30.9 Å². The van der Waals surface area contributed by atoms with E-state index in [4.69, 9.17) is 0 Å². The minimum absolute atomic E-state index is 0.384. The van der Waals surface area contributed by atoms with Gasteiger partial charge in [0.25, 0.3) is 11.7 Å². The SMILES string of the molecule is Cc1ccc(-c2cc3ccccn3c2C(=O)C(=O)N(C)Cc2ccccc2)cc1. The first-order valence-electron chi connectivity index (χ1n) is 9.55. The van der Waals surface area contributed by atoms with Crippen molar-refractivity contribution < 1.29 is 9.59 Å².